The van der Waals surface area contributed by atoms with Crippen LogP contribution in [0.4, 0.5) is 0 Å². The van der Waals surface area contributed by atoms with Gasteiger partial charge in [-0.05, 0) is 18.1 Å². The van der Waals surface area contributed by atoms with Crippen molar-refractivity contribution in [3.8, 4) is 0 Å². The fraction of sp³-hybridized carbons (Fsp3) is 0.308. The van der Waals surface area contributed by atoms with Crippen molar-refractivity contribution in [3.63, 3.8) is 0 Å². The maximum absolute atomic E-state index is 11.5. The van der Waals surface area contributed by atoms with Gasteiger partial charge in [-0.2, -0.15) is 9.40 Å². The summed E-state index contributed by atoms with van der Waals surface area (Å²) in [6.07, 6.45) is 3.89. The summed E-state index contributed by atoms with van der Waals surface area (Å²) < 4.78 is 24.4. The molecule has 0 atom stereocenters. The molecule has 19 heavy (non-hydrogen) atoms. The fourth-order valence-corrected chi connectivity index (χ4v) is 3.14. The third-order valence-electron chi connectivity index (χ3n) is 3.42. The summed E-state index contributed by atoms with van der Waals surface area (Å²) in [5.74, 6) is 0. The Balaban J connectivity index is 1.94. The van der Waals surface area contributed by atoms with Crippen LogP contribution in [0.5, 0.6) is 0 Å². The molecule has 3 rings (SSSR count). The predicted octanol–water partition coefficient (Wildman–Crippen LogP) is 1.61. The monoisotopic (exact) mass is 277 g/mol. The van der Waals surface area contributed by atoms with E-state index in [9.17, 15) is 8.42 Å². The van der Waals surface area contributed by atoms with Gasteiger partial charge in [-0.15, -0.1) is 0 Å². The van der Waals surface area contributed by atoms with Crippen LogP contribution >= 0.6 is 0 Å². The van der Waals surface area contributed by atoms with Gasteiger partial charge in [-0.1, -0.05) is 24.3 Å². The standard InChI is InChI=1S/C13H15N3O2S/c1-19(17,18)16-8-6-10(7-9-16)13-11-4-2-3-5-12(11)14-15-13/h2-6H,7-9H2,1H3,(H,14,15). The summed E-state index contributed by atoms with van der Waals surface area (Å²) in [7, 11) is -3.10. The summed E-state index contributed by atoms with van der Waals surface area (Å²) in [4.78, 5) is 0. The zero-order chi connectivity index (χ0) is 13.5. The van der Waals surface area contributed by atoms with E-state index in [-0.39, 0.29) is 0 Å². The largest absolute Gasteiger partial charge is 0.277 e. The van der Waals surface area contributed by atoms with E-state index in [0.29, 0.717) is 19.5 Å². The molecule has 6 heteroatoms. The topological polar surface area (TPSA) is 66.1 Å². The number of nitrogens with one attached hydrogen (secondary N) is 1. The summed E-state index contributed by atoms with van der Waals surface area (Å²) in [6, 6.07) is 7.95. The molecule has 1 aliphatic heterocycles. The van der Waals surface area contributed by atoms with E-state index in [0.717, 1.165) is 22.2 Å². The van der Waals surface area contributed by atoms with Crippen LogP contribution in [0.15, 0.2) is 30.3 Å². The van der Waals surface area contributed by atoms with Gasteiger partial charge in [0.2, 0.25) is 10.0 Å². The van der Waals surface area contributed by atoms with Crippen LogP contribution in [0.1, 0.15) is 12.1 Å². The number of nitrogens with zero attached hydrogens (tertiary/aromatic N) is 2. The second-order valence-corrected chi connectivity index (χ2v) is 6.70. The lowest BCUT2D eigenvalue weighted by molar-refractivity contribution is 0.445. The van der Waals surface area contributed by atoms with E-state index >= 15 is 0 Å². The van der Waals surface area contributed by atoms with Crippen molar-refractivity contribution in [2.75, 3.05) is 19.3 Å². The molecule has 100 valence electrons. The van der Waals surface area contributed by atoms with Crippen LogP contribution < -0.4 is 0 Å². The van der Waals surface area contributed by atoms with Gasteiger partial charge in [0.15, 0.2) is 0 Å². The quantitative estimate of drug-likeness (QED) is 0.907. The van der Waals surface area contributed by atoms with Crippen molar-refractivity contribution in [2.45, 2.75) is 6.42 Å². The zero-order valence-electron chi connectivity index (χ0n) is 10.6. The molecule has 0 bridgehead atoms. The molecule has 0 unspecified atom stereocenters. The van der Waals surface area contributed by atoms with Crippen molar-refractivity contribution in [3.05, 3.63) is 36.0 Å². The number of sulfonamides is 1. The van der Waals surface area contributed by atoms with E-state index < -0.39 is 10.0 Å². The maximum Gasteiger partial charge on any atom is 0.211 e. The molecule has 5 nitrogen and oxygen atoms in total. The Hall–Kier alpha value is -1.66. The Morgan fingerprint density at radius 2 is 2.11 bits per heavy atom. The number of para-hydroxylation sites is 1. The Morgan fingerprint density at radius 3 is 2.79 bits per heavy atom. The minimum Gasteiger partial charge on any atom is -0.277 e. The van der Waals surface area contributed by atoms with Crippen LogP contribution in [0, 0.1) is 0 Å². The van der Waals surface area contributed by atoms with E-state index in [4.69, 9.17) is 0 Å². The molecule has 2 heterocycles. The first-order chi connectivity index (χ1) is 9.05. The van der Waals surface area contributed by atoms with Gasteiger partial charge in [0, 0.05) is 18.5 Å². The SMILES string of the molecule is CS(=O)(=O)N1CC=C(c2n[nH]c3ccccc23)CC1. The van der Waals surface area contributed by atoms with Crippen LogP contribution in [0.25, 0.3) is 16.5 Å². The smallest absolute Gasteiger partial charge is 0.211 e. The maximum atomic E-state index is 11.5. The zero-order valence-corrected chi connectivity index (χ0v) is 11.4. The molecule has 0 saturated carbocycles. The van der Waals surface area contributed by atoms with Gasteiger partial charge in [0.05, 0.1) is 17.5 Å². The lowest BCUT2D eigenvalue weighted by Gasteiger charge is -2.23. The highest BCUT2D eigenvalue weighted by Gasteiger charge is 2.21. The summed E-state index contributed by atoms with van der Waals surface area (Å²) in [5.41, 5.74) is 3.05. The second kappa shape index (κ2) is 4.47. The summed E-state index contributed by atoms with van der Waals surface area (Å²) >= 11 is 0. The molecule has 1 N–H and O–H groups in total. The Kier molecular flexibility index (Phi) is 2.91. The van der Waals surface area contributed by atoms with Gasteiger partial charge in [0.1, 0.15) is 0 Å². The molecule has 0 spiro atoms. The number of hydrogen-bond donors (Lipinski definition) is 1. The summed E-state index contributed by atoms with van der Waals surface area (Å²) in [6.45, 7) is 0.946. The van der Waals surface area contributed by atoms with Crippen LogP contribution in [0.3, 0.4) is 0 Å². The molecular formula is C13H15N3O2S. The van der Waals surface area contributed by atoms with Gasteiger partial charge < -0.3 is 0 Å². The van der Waals surface area contributed by atoms with Crippen LogP contribution in [-0.2, 0) is 10.0 Å². The normalized spacial score (nSPS) is 17.6. The Morgan fingerprint density at radius 1 is 1.32 bits per heavy atom. The highest BCUT2D eigenvalue weighted by Crippen LogP contribution is 2.27. The average Bonchev–Trinajstić information content (AvgIpc) is 2.82. The molecule has 0 amide bonds. The lowest BCUT2D eigenvalue weighted by Crippen LogP contribution is -2.33. The molecule has 1 aromatic heterocycles. The van der Waals surface area contributed by atoms with Gasteiger partial charge >= 0.3 is 0 Å². The van der Waals surface area contributed by atoms with E-state index in [1.165, 1.54) is 10.6 Å². The molecule has 0 fully saturated rings. The molecule has 0 radical (unpaired) electrons. The number of fused-ring (bicyclic) bond motifs is 1. The molecular weight excluding hydrogens is 262 g/mol. The first-order valence-electron chi connectivity index (χ1n) is 6.13. The molecule has 0 saturated heterocycles. The predicted molar refractivity (Wildman–Crippen MR) is 75.1 cm³/mol. The van der Waals surface area contributed by atoms with Gasteiger partial charge in [-0.3, -0.25) is 5.10 Å². The third-order valence-corrected chi connectivity index (χ3v) is 4.69. The highest BCUT2D eigenvalue weighted by molar-refractivity contribution is 7.88. The van der Waals surface area contributed by atoms with Crippen molar-refractivity contribution < 1.29 is 8.42 Å². The van der Waals surface area contributed by atoms with Gasteiger partial charge in [0.25, 0.3) is 0 Å². The average molecular weight is 277 g/mol. The first kappa shape index (κ1) is 12.4. The van der Waals surface area contributed by atoms with Crippen LogP contribution in [-0.4, -0.2) is 42.3 Å². The number of rotatable bonds is 2. The highest BCUT2D eigenvalue weighted by atomic mass is 32.2. The fourth-order valence-electron chi connectivity index (χ4n) is 2.38. The number of hydrogen-bond acceptors (Lipinski definition) is 3. The molecule has 0 aliphatic carbocycles. The van der Waals surface area contributed by atoms with Crippen molar-refractivity contribution in [1.82, 2.24) is 14.5 Å². The van der Waals surface area contributed by atoms with Gasteiger partial charge in [-0.25, -0.2) is 8.42 Å². The first-order valence-corrected chi connectivity index (χ1v) is 7.98. The Labute approximate surface area is 112 Å². The Bertz CT molecular complexity index is 746. The van der Waals surface area contributed by atoms with E-state index in [1.54, 1.807) is 0 Å². The van der Waals surface area contributed by atoms with Crippen LogP contribution in [0.2, 0.25) is 0 Å². The number of aromatic amines is 1. The van der Waals surface area contributed by atoms with E-state index in [2.05, 4.69) is 10.2 Å². The number of H-pyrrole nitrogens is 1. The minimum absolute atomic E-state index is 0.426. The van der Waals surface area contributed by atoms with Crippen molar-refractivity contribution in [1.29, 1.82) is 0 Å². The van der Waals surface area contributed by atoms with Crippen molar-refractivity contribution >= 4 is 26.5 Å². The number of aromatic nitrogens is 2. The minimum atomic E-state index is -3.10. The molecule has 1 aliphatic rings. The van der Waals surface area contributed by atoms with Crippen molar-refractivity contribution in [2.24, 2.45) is 0 Å². The third kappa shape index (κ3) is 2.29. The van der Waals surface area contributed by atoms with E-state index in [1.807, 2.05) is 30.3 Å². The molecule has 2 aromatic rings. The number of benzene rings is 1. The summed E-state index contributed by atoms with van der Waals surface area (Å²) in [5, 5.41) is 8.43. The second-order valence-electron chi connectivity index (χ2n) is 4.72. The molecule has 1 aromatic carbocycles. The lowest BCUT2D eigenvalue weighted by atomic mass is 10.0.